The van der Waals surface area contributed by atoms with Gasteiger partial charge in [-0.25, -0.2) is 13.6 Å². The molecule has 2 aromatic rings. The molecule has 7 heteroatoms. The van der Waals surface area contributed by atoms with Gasteiger partial charge >= 0.3 is 5.97 Å². The van der Waals surface area contributed by atoms with E-state index in [1.54, 1.807) is 31.2 Å². The standard InChI is InChI=1S/C24H24ClF2NO3/c1-14(2)13-31-24(30)23-15(3)28(12-16-8-17(26)10-18(27)9-16)22(29)11-20(23)19-6-4-5-7-21(19)25/h4-10,14,20H,11-13H2,1-3H3/t20-/m0/s1. The van der Waals surface area contributed by atoms with Crippen LogP contribution in [-0.2, 0) is 20.9 Å². The van der Waals surface area contributed by atoms with Crippen LogP contribution in [0.4, 0.5) is 8.78 Å². The van der Waals surface area contributed by atoms with Gasteiger partial charge in [0, 0.05) is 29.1 Å². The third-order valence-corrected chi connectivity index (χ3v) is 5.48. The van der Waals surface area contributed by atoms with E-state index < -0.39 is 23.5 Å². The summed E-state index contributed by atoms with van der Waals surface area (Å²) in [7, 11) is 0. The number of amides is 1. The van der Waals surface area contributed by atoms with Crippen molar-refractivity contribution in [2.24, 2.45) is 5.92 Å². The van der Waals surface area contributed by atoms with Gasteiger partial charge in [-0.3, -0.25) is 4.79 Å². The molecule has 0 saturated heterocycles. The smallest absolute Gasteiger partial charge is 0.336 e. The minimum Gasteiger partial charge on any atom is -0.462 e. The molecule has 0 spiro atoms. The summed E-state index contributed by atoms with van der Waals surface area (Å²) < 4.78 is 32.8. The molecule has 0 aliphatic carbocycles. The SMILES string of the molecule is CC1=C(C(=O)OCC(C)C)[C@H](c2ccccc2Cl)CC(=O)N1Cc1cc(F)cc(F)c1. The summed E-state index contributed by atoms with van der Waals surface area (Å²) in [5, 5.41) is 0.447. The van der Waals surface area contributed by atoms with Crippen molar-refractivity contribution in [1.82, 2.24) is 4.90 Å². The van der Waals surface area contributed by atoms with Gasteiger partial charge in [0.05, 0.1) is 18.7 Å². The van der Waals surface area contributed by atoms with E-state index in [2.05, 4.69) is 0 Å². The highest BCUT2D eigenvalue weighted by atomic mass is 35.5. The minimum absolute atomic E-state index is 0.00895. The quantitative estimate of drug-likeness (QED) is 0.541. The molecule has 0 bridgehead atoms. The number of hydrogen-bond donors (Lipinski definition) is 0. The van der Waals surface area contributed by atoms with Crippen molar-refractivity contribution in [3.63, 3.8) is 0 Å². The van der Waals surface area contributed by atoms with Gasteiger partial charge in [0.15, 0.2) is 0 Å². The molecule has 31 heavy (non-hydrogen) atoms. The van der Waals surface area contributed by atoms with Crippen molar-refractivity contribution in [2.45, 2.75) is 39.7 Å². The van der Waals surface area contributed by atoms with Gasteiger partial charge in [-0.05, 0) is 42.2 Å². The lowest BCUT2D eigenvalue weighted by Crippen LogP contribution is -2.38. The Balaban J connectivity index is 2.04. The van der Waals surface area contributed by atoms with Gasteiger partial charge < -0.3 is 9.64 Å². The largest absolute Gasteiger partial charge is 0.462 e. The second-order valence-corrected chi connectivity index (χ2v) is 8.43. The van der Waals surface area contributed by atoms with Crippen LogP contribution in [0.3, 0.4) is 0 Å². The van der Waals surface area contributed by atoms with Crippen molar-refractivity contribution in [3.05, 3.63) is 81.5 Å². The third kappa shape index (κ3) is 5.31. The van der Waals surface area contributed by atoms with Crippen molar-refractivity contribution in [2.75, 3.05) is 6.61 Å². The summed E-state index contributed by atoms with van der Waals surface area (Å²) >= 11 is 6.37. The first kappa shape index (κ1) is 22.9. The van der Waals surface area contributed by atoms with E-state index in [1.807, 2.05) is 13.8 Å². The molecule has 1 aliphatic heterocycles. The molecule has 1 aliphatic rings. The number of nitrogens with zero attached hydrogens (tertiary/aromatic N) is 1. The Morgan fingerprint density at radius 2 is 1.84 bits per heavy atom. The van der Waals surface area contributed by atoms with Gasteiger partial charge in [0.1, 0.15) is 11.6 Å². The minimum atomic E-state index is -0.730. The first-order chi connectivity index (χ1) is 14.7. The molecular formula is C24H24ClF2NO3. The monoisotopic (exact) mass is 447 g/mol. The van der Waals surface area contributed by atoms with E-state index in [9.17, 15) is 18.4 Å². The van der Waals surface area contributed by atoms with Crippen molar-refractivity contribution >= 4 is 23.5 Å². The van der Waals surface area contributed by atoms with Crippen molar-refractivity contribution in [3.8, 4) is 0 Å². The lowest BCUT2D eigenvalue weighted by Gasteiger charge is -2.35. The summed E-state index contributed by atoms with van der Waals surface area (Å²) in [5.74, 6) is -2.69. The maximum absolute atomic E-state index is 13.6. The Labute approximate surface area is 185 Å². The molecule has 164 valence electrons. The first-order valence-corrected chi connectivity index (χ1v) is 10.4. The molecule has 0 fully saturated rings. The Morgan fingerprint density at radius 3 is 2.45 bits per heavy atom. The van der Waals surface area contributed by atoms with Gasteiger partial charge in [0.2, 0.25) is 5.91 Å². The molecule has 1 amide bonds. The Kier molecular flexibility index (Phi) is 7.11. The number of benzene rings is 2. The maximum atomic E-state index is 13.6. The number of ether oxygens (including phenoxy) is 1. The Morgan fingerprint density at radius 1 is 1.19 bits per heavy atom. The third-order valence-electron chi connectivity index (χ3n) is 5.13. The van der Waals surface area contributed by atoms with Crippen LogP contribution in [0.2, 0.25) is 5.02 Å². The summed E-state index contributed by atoms with van der Waals surface area (Å²) in [4.78, 5) is 27.4. The van der Waals surface area contributed by atoms with Gasteiger partial charge in [-0.15, -0.1) is 0 Å². The molecular weight excluding hydrogens is 424 g/mol. The van der Waals surface area contributed by atoms with Crippen molar-refractivity contribution < 1.29 is 23.1 Å². The highest BCUT2D eigenvalue weighted by Gasteiger charge is 2.37. The molecule has 0 saturated carbocycles. The lowest BCUT2D eigenvalue weighted by atomic mass is 9.83. The van der Waals surface area contributed by atoms with Gasteiger partial charge in [-0.1, -0.05) is 43.6 Å². The van der Waals surface area contributed by atoms with E-state index in [1.165, 1.54) is 17.0 Å². The number of carbonyl (C=O) groups is 2. The summed E-state index contributed by atoms with van der Waals surface area (Å²) in [5.41, 5.74) is 1.66. The van der Waals surface area contributed by atoms with Crippen LogP contribution in [0.25, 0.3) is 0 Å². The summed E-state index contributed by atoms with van der Waals surface area (Å²) in [6.45, 7) is 5.66. The van der Waals surface area contributed by atoms with E-state index in [0.29, 0.717) is 21.9 Å². The maximum Gasteiger partial charge on any atom is 0.336 e. The van der Waals surface area contributed by atoms with E-state index in [0.717, 1.165) is 6.07 Å². The topological polar surface area (TPSA) is 46.6 Å². The molecule has 0 unspecified atom stereocenters. The van der Waals surface area contributed by atoms with E-state index in [4.69, 9.17) is 16.3 Å². The molecule has 2 aromatic carbocycles. The van der Waals surface area contributed by atoms with Crippen LogP contribution in [0.15, 0.2) is 53.7 Å². The van der Waals surface area contributed by atoms with E-state index in [-0.39, 0.29) is 37.0 Å². The highest BCUT2D eigenvalue weighted by Crippen LogP contribution is 2.40. The van der Waals surface area contributed by atoms with Gasteiger partial charge in [-0.2, -0.15) is 0 Å². The fraction of sp³-hybridized carbons (Fsp3) is 0.333. The Bertz CT molecular complexity index is 1010. The second kappa shape index (κ2) is 9.60. The van der Waals surface area contributed by atoms with Crippen LogP contribution in [0.5, 0.6) is 0 Å². The molecule has 1 atom stereocenters. The fourth-order valence-electron chi connectivity index (χ4n) is 3.70. The Hall–Kier alpha value is -2.73. The zero-order valence-electron chi connectivity index (χ0n) is 17.6. The van der Waals surface area contributed by atoms with Crippen LogP contribution >= 0.6 is 11.6 Å². The van der Waals surface area contributed by atoms with Crippen LogP contribution < -0.4 is 0 Å². The number of hydrogen-bond acceptors (Lipinski definition) is 3. The predicted molar refractivity (Wildman–Crippen MR) is 114 cm³/mol. The molecule has 0 N–H and O–H groups in total. The number of allylic oxidation sites excluding steroid dienone is 1. The molecule has 3 rings (SSSR count). The normalized spacial score (nSPS) is 16.8. The summed E-state index contributed by atoms with van der Waals surface area (Å²) in [6.07, 6.45) is -0.00895. The molecule has 1 heterocycles. The highest BCUT2D eigenvalue weighted by molar-refractivity contribution is 6.31. The zero-order valence-corrected chi connectivity index (χ0v) is 18.4. The first-order valence-electron chi connectivity index (χ1n) is 10.0. The van der Waals surface area contributed by atoms with Crippen LogP contribution in [-0.4, -0.2) is 23.4 Å². The lowest BCUT2D eigenvalue weighted by molar-refractivity contribution is -0.141. The average molecular weight is 448 g/mol. The molecule has 4 nitrogen and oxygen atoms in total. The molecule has 0 aromatic heterocycles. The number of halogens is 3. The van der Waals surface area contributed by atoms with Crippen LogP contribution in [0, 0.1) is 17.6 Å². The van der Waals surface area contributed by atoms with Crippen LogP contribution in [0.1, 0.15) is 44.2 Å². The predicted octanol–water partition coefficient (Wildman–Crippen LogP) is 5.61. The number of carbonyl (C=O) groups excluding carboxylic acids is 2. The molecule has 0 radical (unpaired) electrons. The summed E-state index contributed by atoms with van der Waals surface area (Å²) in [6, 6.07) is 10.2. The van der Waals surface area contributed by atoms with Crippen molar-refractivity contribution in [1.29, 1.82) is 0 Å². The number of rotatable bonds is 6. The fourth-order valence-corrected chi connectivity index (χ4v) is 3.96. The van der Waals surface area contributed by atoms with Gasteiger partial charge in [0.25, 0.3) is 0 Å². The van der Waals surface area contributed by atoms with E-state index >= 15 is 0 Å². The second-order valence-electron chi connectivity index (χ2n) is 8.03. The average Bonchev–Trinajstić information content (AvgIpc) is 2.68. The number of esters is 1. The zero-order chi connectivity index (χ0) is 22.7.